The summed E-state index contributed by atoms with van der Waals surface area (Å²) in [7, 11) is 0. The predicted molar refractivity (Wildman–Crippen MR) is 69.9 cm³/mol. The maximum atomic E-state index is 11.5. The van der Waals surface area contributed by atoms with Crippen molar-refractivity contribution in [1.29, 1.82) is 0 Å². The van der Waals surface area contributed by atoms with Crippen LogP contribution in [0.5, 0.6) is 0 Å². The average Bonchev–Trinajstić information content (AvgIpc) is 2.69. The molecule has 1 atom stereocenters. The Morgan fingerprint density at radius 2 is 2.28 bits per heavy atom. The third-order valence-corrected chi connectivity index (χ3v) is 3.21. The number of rotatable bonds is 6. The number of carboxylic acid groups (broad SMARTS) is 1. The Kier molecular flexibility index (Phi) is 5.57. The van der Waals surface area contributed by atoms with Gasteiger partial charge in [0.25, 0.3) is 0 Å². The molecule has 0 saturated carbocycles. The molecule has 1 heterocycles. The number of nitrogens with zero attached hydrogens (tertiary/aromatic N) is 1. The third-order valence-electron chi connectivity index (χ3n) is 2.33. The first-order chi connectivity index (χ1) is 8.52. The molecule has 0 aromatic carbocycles. The normalized spacial score (nSPS) is 11.9. The van der Waals surface area contributed by atoms with Crippen molar-refractivity contribution in [3.05, 3.63) is 11.1 Å². The molecule has 0 bridgehead atoms. The minimum Gasteiger partial charge on any atom is -0.481 e. The maximum absolute atomic E-state index is 11.5. The van der Waals surface area contributed by atoms with Crippen LogP contribution < -0.4 is 10.6 Å². The number of carboxylic acids is 1. The highest BCUT2D eigenvalue weighted by Gasteiger charge is 2.17. The van der Waals surface area contributed by atoms with Crippen molar-refractivity contribution >= 4 is 28.5 Å². The van der Waals surface area contributed by atoms with Gasteiger partial charge in [-0.1, -0.05) is 13.3 Å². The van der Waals surface area contributed by atoms with Crippen molar-refractivity contribution in [2.45, 2.75) is 26.7 Å². The van der Waals surface area contributed by atoms with Crippen molar-refractivity contribution in [2.75, 3.05) is 11.9 Å². The van der Waals surface area contributed by atoms with Crippen molar-refractivity contribution in [2.24, 2.45) is 5.92 Å². The molecule has 0 fully saturated rings. The van der Waals surface area contributed by atoms with Crippen LogP contribution in [-0.4, -0.2) is 28.6 Å². The van der Waals surface area contributed by atoms with Crippen LogP contribution >= 0.6 is 11.3 Å². The zero-order chi connectivity index (χ0) is 13.5. The van der Waals surface area contributed by atoms with Crippen molar-refractivity contribution in [1.82, 2.24) is 10.3 Å². The number of hydrogen-bond donors (Lipinski definition) is 3. The van der Waals surface area contributed by atoms with E-state index in [-0.39, 0.29) is 6.54 Å². The monoisotopic (exact) mass is 271 g/mol. The summed E-state index contributed by atoms with van der Waals surface area (Å²) in [5.41, 5.74) is 0.838. The lowest BCUT2D eigenvalue weighted by atomic mass is 10.0. The molecule has 1 aromatic heterocycles. The number of carbonyl (C=O) groups excluding carboxylic acids is 1. The van der Waals surface area contributed by atoms with Crippen LogP contribution in [0.4, 0.5) is 9.93 Å². The van der Waals surface area contributed by atoms with E-state index in [2.05, 4.69) is 15.6 Å². The minimum absolute atomic E-state index is 0.124. The summed E-state index contributed by atoms with van der Waals surface area (Å²) < 4.78 is 0. The number of amides is 2. The van der Waals surface area contributed by atoms with Gasteiger partial charge in [-0.15, -0.1) is 11.3 Å². The summed E-state index contributed by atoms with van der Waals surface area (Å²) in [6.07, 6.45) is 1.32. The van der Waals surface area contributed by atoms with Crippen LogP contribution in [0.15, 0.2) is 5.38 Å². The van der Waals surface area contributed by atoms with Crippen LogP contribution in [0.2, 0.25) is 0 Å². The Hall–Kier alpha value is -1.63. The van der Waals surface area contributed by atoms with E-state index in [9.17, 15) is 9.59 Å². The number of urea groups is 1. The van der Waals surface area contributed by atoms with Crippen LogP contribution in [0.1, 0.15) is 25.5 Å². The second kappa shape index (κ2) is 6.95. The molecule has 0 spiro atoms. The highest BCUT2D eigenvalue weighted by molar-refractivity contribution is 7.13. The molecule has 1 rings (SSSR count). The van der Waals surface area contributed by atoms with Crippen molar-refractivity contribution < 1.29 is 14.7 Å². The van der Waals surface area contributed by atoms with E-state index in [0.717, 1.165) is 12.1 Å². The van der Waals surface area contributed by atoms with E-state index in [1.807, 2.05) is 19.2 Å². The molecule has 6 nitrogen and oxygen atoms in total. The lowest BCUT2D eigenvalue weighted by Gasteiger charge is -2.12. The summed E-state index contributed by atoms with van der Waals surface area (Å²) in [5, 5.41) is 16.4. The first kappa shape index (κ1) is 14.4. The molecule has 0 aliphatic heterocycles. The SMILES string of the molecule is CCCC(CNC(=O)Nc1nc(C)cs1)C(=O)O. The van der Waals surface area contributed by atoms with Crippen LogP contribution in [0.25, 0.3) is 0 Å². The second-order valence-corrected chi connectivity index (χ2v) is 4.81. The van der Waals surface area contributed by atoms with Gasteiger partial charge in [0, 0.05) is 11.9 Å². The number of hydrogen-bond acceptors (Lipinski definition) is 4. The summed E-state index contributed by atoms with van der Waals surface area (Å²) >= 11 is 1.33. The van der Waals surface area contributed by atoms with E-state index in [1.54, 1.807) is 0 Å². The highest BCUT2D eigenvalue weighted by Crippen LogP contribution is 2.14. The quantitative estimate of drug-likeness (QED) is 0.738. The first-order valence-electron chi connectivity index (χ1n) is 5.72. The lowest BCUT2D eigenvalue weighted by Crippen LogP contribution is -2.35. The molecule has 0 saturated heterocycles. The number of anilines is 1. The van der Waals surface area contributed by atoms with E-state index in [4.69, 9.17) is 5.11 Å². The Morgan fingerprint density at radius 1 is 1.56 bits per heavy atom. The number of aryl methyl sites for hydroxylation is 1. The third kappa shape index (κ3) is 4.70. The molecule has 1 unspecified atom stereocenters. The molecule has 1 aromatic rings. The van der Waals surface area contributed by atoms with Gasteiger partial charge in [-0.2, -0.15) is 0 Å². The second-order valence-electron chi connectivity index (χ2n) is 3.95. The Bertz CT molecular complexity index is 419. The number of nitrogens with one attached hydrogen (secondary N) is 2. The molecule has 0 radical (unpaired) electrons. The van der Waals surface area contributed by atoms with E-state index >= 15 is 0 Å². The van der Waals surface area contributed by atoms with Gasteiger partial charge in [0.1, 0.15) is 0 Å². The van der Waals surface area contributed by atoms with Crippen molar-refractivity contribution in [3.63, 3.8) is 0 Å². The fourth-order valence-corrected chi connectivity index (χ4v) is 2.11. The molecule has 7 heteroatoms. The summed E-state index contributed by atoms with van der Waals surface area (Å²) in [4.78, 5) is 26.5. The van der Waals surface area contributed by atoms with E-state index in [1.165, 1.54) is 11.3 Å². The molecule has 0 aliphatic rings. The van der Waals surface area contributed by atoms with Gasteiger partial charge >= 0.3 is 12.0 Å². The van der Waals surface area contributed by atoms with E-state index < -0.39 is 17.9 Å². The van der Waals surface area contributed by atoms with Gasteiger partial charge in [-0.05, 0) is 13.3 Å². The Balaban J connectivity index is 2.38. The number of carbonyl (C=O) groups is 2. The molecular weight excluding hydrogens is 254 g/mol. The van der Waals surface area contributed by atoms with Gasteiger partial charge in [0.2, 0.25) is 0 Å². The van der Waals surface area contributed by atoms with Crippen LogP contribution in [0, 0.1) is 12.8 Å². The number of aliphatic carboxylic acids is 1. The minimum atomic E-state index is -0.887. The number of aromatic nitrogens is 1. The fraction of sp³-hybridized carbons (Fsp3) is 0.545. The topological polar surface area (TPSA) is 91.3 Å². The van der Waals surface area contributed by atoms with Gasteiger partial charge < -0.3 is 10.4 Å². The predicted octanol–water partition coefficient (Wildman–Crippen LogP) is 2.07. The van der Waals surface area contributed by atoms with Gasteiger partial charge in [-0.3, -0.25) is 10.1 Å². The fourth-order valence-electron chi connectivity index (χ4n) is 1.43. The first-order valence-corrected chi connectivity index (χ1v) is 6.60. The highest BCUT2D eigenvalue weighted by atomic mass is 32.1. The van der Waals surface area contributed by atoms with Crippen LogP contribution in [-0.2, 0) is 4.79 Å². The van der Waals surface area contributed by atoms with Gasteiger partial charge in [0.05, 0.1) is 11.6 Å². The molecular formula is C11H17N3O3S. The van der Waals surface area contributed by atoms with Crippen molar-refractivity contribution in [3.8, 4) is 0 Å². The Labute approximate surface area is 109 Å². The van der Waals surface area contributed by atoms with Gasteiger partial charge in [-0.25, -0.2) is 9.78 Å². The summed E-state index contributed by atoms with van der Waals surface area (Å²) in [6, 6.07) is -0.424. The molecule has 2 amide bonds. The standard InChI is InChI=1S/C11H17N3O3S/c1-3-4-8(9(15)16)5-12-10(17)14-11-13-7(2)6-18-11/h6,8H,3-5H2,1-2H3,(H,15,16)(H2,12,13,14,17). The zero-order valence-corrected chi connectivity index (χ0v) is 11.2. The summed E-state index contributed by atoms with van der Waals surface area (Å²) in [5.74, 6) is -1.43. The largest absolute Gasteiger partial charge is 0.481 e. The number of thiazole rings is 1. The lowest BCUT2D eigenvalue weighted by molar-refractivity contribution is -0.141. The van der Waals surface area contributed by atoms with Gasteiger partial charge in [0.15, 0.2) is 5.13 Å². The molecule has 3 N–H and O–H groups in total. The van der Waals surface area contributed by atoms with E-state index in [0.29, 0.717) is 11.6 Å². The average molecular weight is 271 g/mol. The molecule has 0 aliphatic carbocycles. The Morgan fingerprint density at radius 3 is 2.78 bits per heavy atom. The molecule has 100 valence electrons. The zero-order valence-electron chi connectivity index (χ0n) is 10.4. The maximum Gasteiger partial charge on any atom is 0.321 e. The smallest absolute Gasteiger partial charge is 0.321 e. The van der Waals surface area contributed by atoms with Crippen LogP contribution in [0.3, 0.4) is 0 Å². The molecule has 18 heavy (non-hydrogen) atoms. The summed E-state index contributed by atoms with van der Waals surface area (Å²) in [6.45, 7) is 3.87.